The number of nitrogens with one attached hydrogen (secondary N) is 1. The number of sulfonamides is 1. The van der Waals surface area contributed by atoms with Crippen molar-refractivity contribution in [1.82, 2.24) is 4.72 Å². The molecule has 0 aromatic heterocycles. The van der Waals surface area contributed by atoms with Crippen LogP contribution >= 0.6 is 0 Å². The minimum absolute atomic E-state index is 0.0302. The Morgan fingerprint density at radius 3 is 2.77 bits per heavy atom. The van der Waals surface area contributed by atoms with Gasteiger partial charge in [-0.15, -0.1) is 0 Å². The fourth-order valence-corrected chi connectivity index (χ4v) is 4.02. The van der Waals surface area contributed by atoms with Gasteiger partial charge in [0, 0.05) is 32.6 Å². The lowest BCUT2D eigenvalue weighted by molar-refractivity contribution is -0.210. The third kappa shape index (κ3) is 5.86. The van der Waals surface area contributed by atoms with Crippen LogP contribution in [0.15, 0.2) is 18.2 Å². The van der Waals surface area contributed by atoms with E-state index in [1.165, 1.54) is 14.0 Å². The van der Waals surface area contributed by atoms with E-state index in [9.17, 15) is 13.2 Å². The summed E-state index contributed by atoms with van der Waals surface area (Å²) in [5.74, 6) is 0.222. The van der Waals surface area contributed by atoms with Gasteiger partial charge in [-0.3, -0.25) is 9.78 Å². The lowest BCUT2D eigenvalue weighted by atomic mass is 9.90. The van der Waals surface area contributed by atoms with Gasteiger partial charge in [-0.05, 0) is 38.5 Å². The van der Waals surface area contributed by atoms with Gasteiger partial charge in [-0.25, -0.2) is 17.9 Å². The number of carbonyl (C=O) groups is 1. The molecule has 0 saturated carbocycles. The molecule has 1 unspecified atom stereocenters. The van der Waals surface area contributed by atoms with E-state index in [-0.39, 0.29) is 11.5 Å². The Balaban J connectivity index is 2.23. The molecule has 2 rings (SSSR count). The summed E-state index contributed by atoms with van der Waals surface area (Å²) in [5, 5.41) is 0. The van der Waals surface area contributed by atoms with E-state index in [0.717, 1.165) is 0 Å². The Morgan fingerprint density at radius 1 is 1.38 bits per heavy atom. The van der Waals surface area contributed by atoms with E-state index < -0.39 is 27.6 Å². The van der Waals surface area contributed by atoms with Gasteiger partial charge in [-0.1, -0.05) is 0 Å². The first-order chi connectivity index (χ1) is 12.1. The minimum Gasteiger partial charge on any atom is -0.487 e. The summed E-state index contributed by atoms with van der Waals surface area (Å²) in [6, 6.07) is 4.38. The molecule has 1 aromatic carbocycles. The van der Waals surface area contributed by atoms with Gasteiger partial charge in [0.2, 0.25) is 10.0 Å². The number of benzene rings is 1. The molecule has 0 fully saturated rings. The van der Waals surface area contributed by atoms with Crippen LogP contribution in [-0.4, -0.2) is 39.5 Å². The van der Waals surface area contributed by atoms with Crippen molar-refractivity contribution in [2.75, 3.05) is 19.5 Å². The zero-order valence-corrected chi connectivity index (χ0v) is 16.2. The second-order valence-electron chi connectivity index (χ2n) is 6.76. The molecule has 0 amide bonds. The van der Waals surface area contributed by atoms with Crippen LogP contribution in [0.1, 0.15) is 45.2 Å². The number of rotatable bonds is 8. The molecule has 0 aliphatic carbocycles. The number of carbonyl (C=O) groups excluding carboxylic acids is 1. The Kier molecular flexibility index (Phi) is 6.48. The molecule has 0 bridgehead atoms. The molecular weight excluding hydrogens is 362 g/mol. The average molecular weight is 387 g/mol. The zero-order valence-electron chi connectivity index (χ0n) is 15.4. The number of ether oxygens (including phenoxy) is 2. The second kappa shape index (κ2) is 8.24. The van der Waals surface area contributed by atoms with Crippen molar-refractivity contribution in [2.45, 2.75) is 45.3 Å². The SMILES string of the molecule is COCCCS(=O)(=O)NC1CC(C)(C)Oc2ccc(OOC(C)=O)cc21. The van der Waals surface area contributed by atoms with Crippen LogP contribution in [-0.2, 0) is 24.4 Å². The van der Waals surface area contributed by atoms with Crippen molar-refractivity contribution >= 4 is 16.0 Å². The van der Waals surface area contributed by atoms with Crippen LogP contribution in [0.3, 0.4) is 0 Å². The van der Waals surface area contributed by atoms with Gasteiger partial charge in [0.25, 0.3) is 0 Å². The van der Waals surface area contributed by atoms with Crippen molar-refractivity contribution in [2.24, 2.45) is 0 Å². The topological polar surface area (TPSA) is 100 Å². The molecule has 0 radical (unpaired) electrons. The number of hydrogen-bond acceptors (Lipinski definition) is 7. The van der Waals surface area contributed by atoms with Crippen LogP contribution in [0.25, 0.3) is 0 Å². The summed E-state index contributed by atoms with van der Waals surface area (Å²) in [7, 11) is -1.97. The predicted molar refractivity (Wildman–Crippen MR) is 94.3 cm³/mol. The van der Waals surface area contributed by atoms with Gasteiger partial charge in [0.1, 0.15) is 11.4 Å². The Labute approximate surface area is 153 Å². The first-order valence-electron chi connectivity index (χ1n) is 8.29. The summed E-state index contributed by atoms with van der Waals surface area (Å²) in [6.07, 6.45) is 0.849. The maximum atomic E-state index is 12.4. The predicted octanol–water partition coefficient (Wildman–Crippen LogP) is 2.10. The lowest BCUT2D eigenvalue weighted by Gasteiger charge is -2.37. The summed E-state index contributed by atoms with van der Waals surface area (Å²) in [5.41, 5.74) is 0.0922. The minimum atomic E-state index is -3.50. The normalized spacial score (nSPS) is 18.5. The highest BCUT2D eigenvalue weighted by atomic mass is 32.2. The van der Waals surface area contributed by atoms with E-state index >= 15 is 0 Å². The largest absolute Gasteiger partial charge is 0.487 e. The number of methoxy groups -OCH3 is 1. The molecule has 1 N–H and O–H groups in total. The highest BCUT2D eigenvalue weighted by Gasteiger charge is 2.36. The van der Waals surface area contributed by atoms with E-state index in [2.05, 4.69) is 9.61 Å². The molecule has 9 heteroatoms. The Hall–Kier alpha value is -1.84. The summed E-state index contributed by atoms with van der Waals surface area (Å²) < 4.78 is 38.3. The van der Waals surface area contributed by atoms with Crippen LogP contribution in [0.4, 0.5) is 0 Å². The molecule has 0 spiro atoms. The van der Waals surface area contributed by atoms with Crippen LogP contribution in [0.2, 0.25) is 0 Å². The van der Waals surface area contributed by atoms with Crippen LogP contribution in [0.5, 0.6) is 11.5 Å². The van der Waals surface area contributed by atoms with Crippen molar-refractivity contribution in [3.8, 4) is 11.5 Å². The average Bonchev–Trinajstić information content (AvgIpc) is 2.52. The molecule has 146 valence electrons. The maximum absolute atomic E-state index is 12.4. The molecule has 1 aromatic rings. The van der Waals surface area contributed by atoms with E-state index in [4.69, 9.17) is 14.4 Å². The highest BCUT2D eigenvalue weighted by molar-refractivity contribution is 7.89. The summed E-state index contributed by atoms with van der Waals surface area (Å²) in [4.78, 5) is 20.4. The third-order valence-corrected chi connectivity index (χ3v) is 5.25. The third-order valence-electron chi connectivity index (χ3n) is 3.78. The highest BCUT2D eigenvalue weighted by Crippen LogP contribution is 2.41. The van der Waals surface area contributed by atoms with Crippen LogP contribution < -0.4 is 14.3 Å². The first-order valence-corrected chi connectivity index (χ1v) is 9.94. The zero-order chi connectivity index (χ0) is 19.4. The molecule has 8 nitrogen and oxygen atoms in total. The molecule has 0 saturated heterocycles. The van der Waals surface area contributed by atoms with Gasteiger partial charge >= 0.3 is 5.97 Å². The molecule has 1 aliphatic heterocycles. The van der Waals surface area contributed by atoms with E-state index in [1.807, 2.05) is 13.8 Å². The fourth-order valence-electron chi connectivity index (χ4n) is 2.77. The Bertz CT molecular complexity index is 745. The summed E-state index contributed by atoms with van der Waals surface area (Å²) in [6.45, 7) is 5.38. The van der Waals surface area contributed by atoms with Crippen molar-refractivity contribution in [1.29, 1.82) is 0 Å². The van der Waals surface area contributed by atoms with E-state index in [0.29, 0.717) is 30.8 Å². The quantitative estimate of drug-likeness (QED) is 0.414. The number of fused-ring (bicyclic) bond motifs is 1. The second-order valence-corrected chi connectivity index (χ2v) is 8.63. The lowest BCUT2D eigenvalue weighted by Crippen LogP contribution is -2.41. The number of hydrogen-bond donors (Lipinski definition) is 1. The van der Waals surface area contributed by atoms with Gasteiger partial charge in [0.15, 0.2) is 5.75 Å². The van der Waals surface area contributed by atoms with Crippen molar-refractivity contribution in [3.05, 3.63) is 23.8 Å². The van der Waals surface area contributed by atoms with Gasteiger partial charge in [0.05, 0.1) is 11.8 Å². The Morgan fingerprint density at radius 2 is 2.12 bits per heavy atom. The monoisotopic (exact) mass is 387 g/mol. The molecular formula is C17H25NO7S. The smallest absolute Gasteiger partial charge is 0.352 e. The van der Waals surface area contributed by atoms with Gasteiger partial charge in [-0.2, -0.15) is 0 Å². The van der Waals surface area contributed by atoms with E-state index in [1.54, 1.807) is 18.2 Å². The fraction of sp³-hybridized carbons (Fsp3) is 0.588. The van der Waals surface area contributed by atoms with Crippen LogP contribution in [0, 0.1) is 0 Å². The molecule has 1 heterocycles. The van der Waals surface area contributed by atoms with Crippen molar-refractivity contribution < 1.29 is 32.5 Å². The molecule has 26 heavy (non-hydrogen) atoms. The first kappa shape index (κ1) is 20.5. The molecule has 1 atom stereocenters. The maximum Gasteiger partial charge on any atom is 0.352 e. The van der Waals surface area contributed by atoms with Gasteiger partial charge < -0.3 is 9.47 Å². The molecule has 1 aliphatic rings. The van der Waals surface area contributed by atoms with Crippen molar-refractivity contribution in [3.63, 3.8) is 0 Å². The standard InChI is InChI=1S/C17H25NO7S/c1-12(19)24-25-13-6-7-16-14(10-13)15(11-17(2,3)23-16)18-26(20,21)9-5-8-22-4/h6-7,10,15,18H,5,8-9,11H2,1-4H3. The summed E-state index contributed by atoms with van der Waals surface area (Å²) >= 11 is 0.